The zero-order chi connectivity index (χ0) is 20.0. The first-order valence-corrected chi connectivity index (χ1v) is 9.72. The van der Waals surface area contributed by atoms with Crippen LogP contribution in [-0.4, -0.2) is 15.9 Å². The fourth-order valence-corrected chi connectivity index (χ4v) is 3.91. The van der Waals surface area contributed by atoms with Gasteiger partial charge in [0.1, 0.15) is 5.66 Å². The molecule has 0 saturated heterocycles. The Kier molecular flexibility index (Phi) is 3.96. The summed E-state index contributed by atoms with van der Waals surface area (Å²) in [6.45, 7) is 4.68. The average molecular weight is 384 g/mol. The molecular formula is C23H24N6. The number of nitrogens with zero attached hydrogens (tertiary/aromatic N) is 1. The quantitative estimate of drug-likeness (QED) is 0.373. The number of fused-ring (bicyclic) bond motifs is 2. The maximum Gasteiger partial charge on any atom is 0.197 e. The number of nitrogens with two attached hydrogens (primary N) is 1. The molecule has 6 N–H and O–H groups in total. The highest BCUT2D eigenvalue weighted by molar-refractivity contribution is 5.85. The summed E-state index contributed by atoms with van der Waals surface area (Å²) in [6, 6.07) is 16.9. The van der Waals surface area contributed by atoms with Gasteiger partial charge in [0.05, 0.1) is 6.54 Å². The minimum absolute atomic E-state index is 0.565. The number of nitrogens with one attached hydrogen (secondary N) is 4. The number of rotatable bonds is 3. The molecule has 0 spiro atoms. The van der Waals surface area contributed by atoms with E-state index in [1.165, 1.54) is 5.39 Å². The number of hydrogen-bond donors (Lipinski definition) is 5. The molecule has 2 aromatic heterocycles. The number of benzene rings is 2. The van der Waals surface area contributed by atoms with Gasteiger partial charge < -0.3 is 26.3 Å². The van der Waals surface area contributed by atoms with Gasteiger partial charge in [0.15, 0.2) is 5.96 Å². The van der Waals surface area contributed by atoms with E-state index in [9.17, 15) is 0 Å². The molecule has 6 heteroatoms. The first-order chi connectivity index (χ1) is 14.0. The van der Waals surface area contributed by atoms with E-state index in [0.717, 1.165) is 38.9 Å². The lowest BCUT2D eigenvalue weighted by atomic mass is 9.98. The molecule has 1 unspecified atom stereocenters. The average Bonchev–Trinajstić information content (AvgIpc) is 3.25. The first-order valence-electron chi connectivity index (χ1n) is 9.72. The van der Waals surface area contributed by atoms with Crippen molar-refractivity contribution in [2.75, 3.05) is 0 Å². The predicted octanol–water partition coefficient (Wildman–Crippen LogP) is 3.64. The van der Waals surface area contributed by atoms with Crippen molar-refractivity contribution in [3.63, 3.8) is 0 Å². The normalized spacial score (nSPS) is 20.3. The molecule has 4 aromatic rings. The molecule has 1 aliphatic rings. The van der Waals surface area contributed by atoms with Crippen molar-refractivity contribution in [3.8, 4) is 0 Å². The minimum atomic E-state index is -0.814. The fourth-order valence-electron chi connectivity index (χ4n) is 3.91. The number of hydrogen-bond acceptors (Lipinski definition) is 2. The molecule has 0 aliphatic carbocycles. The van der Waals surface area contributed by atoms with E-state index in [-0.39, 0.29) is 0 Å². The predicted molar refractivity (Wildman–Crippen MR) is 118 cm³/mol. The Morgan fingerprint density at radius 2 is 1.59 bits per heavy atom. The Hall–Kier alpha value is -3.51. The summed E-state index contributed by atoms with van der Waals surface area (Å²) in [5.74, 6) is 0.658. The highest BCUT2D eigenvalue weighted by atomic mass is 15.3. The summed E-state index contributed by atoms with van der Waals surface area (Å²) in [4.78, 5) is 11.4. The van der Waals surface area contributed by atoms with Crippen LogP contribution in [0.1, 0.15) is 22.5 Å². The maximum atomic E-state index is 6.68. The first kappa shape index (κ1) is 17.6. The molecule has 0 saturated carbocycles. The van der Waals surface area contributed by atoms with Crippen molar-refractivity contribution < 1.29 is 0 Å². The molecule has 29 heavy (non-hydrogen) atoms. The van der Waals surface area contributed by atoms with Gasteiger partial charge in [-0.2, -0.15) is 0 Å². The number of aliphatic imine (C=N–C) groups is 1. The highest BCUT2D eigenvalue weighted by Crippen LogP contribution is 2.24. The van der Waals surface area contributed by atoms with E-state index in [4.69, 9.17) is 10.7 Å². The Labute approximate surface area is 168 Å². The molecule has 1 atom stereocenters. The lowest BCUT2D eigenvalue weighted by Crippen LogP contribution is -2.57. The van der Waals surface area contributed by atoms with Crippen molar-refractivity contribution in [2.45, 2.75) is 26.1 Å². The van der Waals surface area contributed by atoms with E-state index in [1.807, 2.05) is 18.3 Å². The second-order valence-corrected chi connectivity index (χ2v) is 7.76. The van der Waals surface area contributed by atoms with Crippen molar-refractivity contribution in [2.24, 2.45) is 10.7 Å². The molecule has 146 valence electrons. The third-order valence-corrected chi connectivity index (χ3v) is 5.36. The lowest BCUT2D eigenvalue weighted by Gasteiger charge is -2.32. The van der Waals surface area contributed by atoms with Crippen LogP contribution in [0.3, 0.4) is 0 Å². The van der Waals surface area contributed by atoms with Crippen LogP contribution in [0.4, 0.5) is 0 Å². The van der Waals surface area contributed by atoms with E-state index in [0.29, 0.717) is 12.5 Å². The monoisotopic (exact) mass is 384 g/mol. The van der Waals surface area contributed by atoms with Gasteiger partial charge in [0.2, 0.25) is 0 Å². The van der Waals surface area contributed by atoms with E-state index >= 15 is 0 Å². The molecule has 0 fully saturated rings. The summed E-state index contributed by atoms with van der Waals surface area (Å²) in [5.41, 5.74) is 12.5. The van der Waals surface area contributed by atoms with Crippen molar-refractivity contribution >= 4 is 27.8 Å². The van der Waals surface area contributed by atoms with Crippen LogP contribution in [-0.2, 0) is 12.2 Å². The molecular weight excluding hydrogens is 360 g/mol. The van der Waals surface area contributed by atoms with E-state index in [2.05, 4.69) is 76.9 Å². The van der Waals surface area contributed by atoms with Gasteiger partial charge >= 0.3 is 0 Å². The summed E-state index contributed by atoms with van der Waals surface area (Å²) in [6.07, 6.45) is 3.77. The van der Waals surface area contributed by atoms with Crippen LogP contribution in [0, 0.1) is 13.8 Å². The minimum Gasteiger partial charge on any atom is -0.359 e. The van der Waals surface area contributed by atoms with Gasteiger partial charge in [0, 0.05) is 34.0 Å². The highest BCUT2D eigenvalue weighted by Gasteiger charge is 2.28. The largest absolute Gasteiger partial charge is 0.359 e. The van der Waals surface area contributed by atoms with E-state index < -0.39 is 5.66 Å². The van der Waals surface area contributed by atoms with Crippen LogP contribution in [0.2, 0.25) is 0 Å². The molecule has 1 aliphatic heterocycles. The molecule has 6 nitrogen and oxygen atoms in total. The number of aromatic nitrogens is 2. The van der Waals surface area contributed by atoms with Crippen molar-refractivity contribution in [3.05, 3.63) is 83.3 Å². The molecule has 3 heterocycles. The second-order valence-electron chi connectivity index (χ2n) is 7.76. The maximum absolute atomic E-state index is 6.68. The summed E-state index contributed by atoms with van der Waals surface area (Å²) >= 11 is 0. The molecule has 0 amide bonds. The van der Waals surface area contributed by atoms with Crippen molar-refractivity contribution in [1.29, 1.82) is 0 Å². The van der Waals surface area contributed by atoms with Crippen LogP contribution in [0.25, 0.3) is 21.8 Å². The second kappa shape index (κ2) is 6.53. The summed E-state index contributed by atoms with van der Waals surface area (Å²) < 4.78 is 0. The third-order valence-electron chi connectivity index (χ3n) is 5.36. The molecule has 2 aromatic carbocycles. The van der Waals surface area contributed by atoms with Crippen molar-refractivity contribution in [1.82, 2.24) is 20.6 Å². The Morgan fingerprint density at radius 3 is 2.34 bits per heavy atom. The SMILES string of the molecule is Cc1cc2cc(CN=C3NC=CC(N)(c4ccc5[nH]c(C)cc5c4)N3)ccc2[nH]1. The van der Waals surface area contributed by atoms with E-state index in [1.54, 1.807) is 0 Å². The third kappa shape index (κ3) is 3.28. The summed E-state index contributed by atoms with van der Waals surface area (Å²) in [5, 5.41) is 8.85. The fraction of sp³-hybridized carbons (Fsp3) is 0.174. The topological polar surface area (TPSA) is 94.0 Å². The molecule has 0 bridgehead atoms. The van der Waals surface area contributed by atoms with Crippen LogP contribution >= 0.6 is 0 Å². The number of aromatic amines is 2. The zero-order valence-corrected chi connectivity index (χ0v) is 16.5. The van der Waals surface area contributed by atoms with Gasteiger partial charge in [-0.1, -0.05) is 12.1 Å². The number of H-pyrrole nitrogens is 2. The number of guanidine groups is 1. The van der Waals surface area contributed by atoms with Crippen LogP contribution in [0.5, 0.6) is 0 Å². The number of aryl methyl sites for hydroxylation is 2. The van der Waals surface area contributed by atoms with Gasteiger partial charge in [-0.05, 0) is 72.8 Å². The summed E-state index contributed by atoms with van der Waals surface area (Å²) in [7, 11) is 0. The lowest BCUT2D eigenvalue weighted by molar-refractivity contribution is 0.500. The van der Waals surface area contributed by atoms with Gasteiger partial charge in [-0.15, -0.1) is 0 Å². The van der Waals surface area contributed by atoms with Crippen LogP contribution in [0.15, 0.2) is 65.8 Å². The van der Waals surface area contributed by atoms with Gasteiger partial charge in [-0.3, -0.25) is 0 Å². The van der Waals surface area contributed by atoms with Gasteiger partial charge in [0.25, 0.3) is 0 Å². The van der Waals surface area contributed by atoms with Gasteiger partial charge in [-0.25, -0.2) is 4.99 Å². The Bertz CT molecular complexity index is 1280. The smallest absolute Gasteiger partial charge is 0.197 e. The Balaban J connectivity index is 1.39. The molecule has 0 radical (unpaired) electrons. The zero-order valence-electron chi connectivity index (χ0n) is 16.5. The molecule has 5 rings (SSSR count). The Morgan fingerprint density at radius 1 is 0.897 bits per heavy atom. The van der Waals surface area contributed by atoms with Crippen LogP contribution < -0.4 is 16.4 Å². The standard InChI is InChI=1S/C23H24N6/c1-14-9-17-11-16(3-5-20(17)27-14)13-26-22-25-8-7-23(24,29-22)19-4-6-21-18(12-19)10-15(2)28-21/h3-12,27-28H,13,24H2,1-2H3,(H2,25,26,29).